The number of hydrogen-bond acceptors (Lipinski definition) is 3. The summed E-state index contributed by atoms with van der Waals surface area (Å²) >= 11 is 6.01. The molecule has 1 atom stereocenters. The first-order valence-corrected chi connectivity index (χ1v) is 9.26. The molecule has 23 heavy (non-hydrogen) atoms. The van der Waals surface area contributed by atoms with E-state index in [0.29, 0.717) is 23.6 Å². The van der Waals surface area contributed by atoms with Crippen LogP contribution in [0.15, 0.2) is 47.4 Å². The molecule has 0 fully saturated rings. The number of benzene rings is 2. The number of rotatable bonds is 4. The summed E-state index contributed by atoms with van der Waals surface area (Å²) in [4.78, 5) is 0.209. The van der Waals surface area contributed by atoms with Crippen LogP contribution >= 0.6 is 11.6 Å². The van der Waals surface area contributed by atoms with Crippen LogP contribution in [0.3, 0.4) is 0 Å². The van der Waals surface area contributed by atoms with Gasteiger partial charge in [0, 0.05) is 18.0 Å². The Morgan fingerprint density at radius 2 is 1.91 bits per heavy atom. The van der Waals surface area contributed by atoms with Gasteiger partial charge in [0.1, 0.15) is 0 Å². The molecular weight excluding hydrogens is 334 g/mol. The van der Waals surface area contributed by atoms with Crippen LogP contribution in [0.2, 0.25) is 5.02 Å². The monoisotopic (exact) mass is 351 g/mol. The van der Waals surface area contributed by atoms with Crippen molar-refractivity contribution < 1.29 is 13.2 Å². The zero-order valence-corrected chi connectivity index (χ0v) is 14.3. The number of sulfonamides is 1. The minimum absolute atomic E-state index is 0.167. The summed E-state index contributed by atoms with van der Waals surface area (Å²) < 4.78 is 33.3. The lowest BCUT2D eigenvalue weighted by Gasteiger charge is -2.25. The van der Waals surface area contributed by atoms with Crippen molar-refractivity contribution >= 4 is 21.6 Å². The van der Waals surface area contributed by atoms with Crippen LogP contribution < -0.4 is 4.72 Å². The third-order valence-electron chi connectivity index (χ3n) is 4.05. The highest BCUT2D eigenvalue weighted by atomic mass is 35.5. The maximum absolute atomic E-state index is 12.5. The van der Waals surface area contributed by atoms with E-state index in [4.69, 9.17) is 16.3 Å². The van der Waals surface area contributed by atoms with Gasteiger partial charge in [-0.25, -0.2) is 13.1 Å². The van der Waals surface area contributed by atoms with Gasteiger partial charge in [-0.05, 0) is 35.7 Å². The topological polar surface area (TPSA) is 55.4 Å². The largest absolute Gasteiger partial charge is 0.372 e. The molecule has 0 amide bonds. The van der Waals surface area contributed by atoms with E-state index < -0.39 is 10.0 Å². The highest BCUT2D eigenvalue weighted by Crippen LogP contribution is 2.23. The van der Waals surface area contributed by atoms with Crippen LogP contribution in [-0.4, -0.2) is 21.1 Å². The lowest BCUT2D eigenvalue weighted by molar-refractivity contribution is 0.0322. The van der Waals surface area contributed by atoms with Gasteiger partial charge in [0.15, 0.2) is 0 Å². The maximum Gasteiger partial charge on any atom is 0.240 e. The lowest BCUT2D eigenvalue weighted by atomic mass is 9.99. The van der Waals surface area contributed by atoms with Gasteiger partial charge in [-0.3, -0.25) is 0 Å². The van der Waals surface area contributed by atoms with Crippen LogP contribution in [0.25, 0.3) is 0 Å². The normalized spacial score (nSPS) is 17.7. The standard InChI is InChI=1S/C17H18ClNO3S/c1-12-16(18)7-4-8-17(12)23(20,21)19-10-15-9-13-5-2-3-6-14(13)11-22-15/h2-8,15,19H,9-11H2,1H3. The van der Waals surface area contributed by atoms with E-state index in [1.54, 1.807) is 25.1 Å². The fraction of sp³-hybridized carbons (Fsp3) is 0.294. The molecule has 0 aliphatic carbocycles. The summed E-state index contributed by atoms with van der Waals surface area (Å²) in [7, 11) is -3.60. The number of nitrogens with one attached hydrogen (secondary N) is 1. The Morgan fingerprint density at radius 3 is 2.70 bits per heavy atom. The van der Waals surface area contributed by atoms with Crippen molar-refractivity contribution in [2.75, 3.05) is 6.54 Å². The molecule has 6 heteroatoms. The average molecular weight is 352 g/mol. The van der Waals surface area contributed by atoms with Crippen LogP contribution in [0, 0.1) is 6.92 Å². The Hall–Kier alpha value is -1.40. The van der Waals surface area contributed by atoms with E-state index in [-0.39, 0.29) is 17.5 Å². The molecule has 0 aromatic heterocycles. The second kappa shape index (κ2) is 6.61. The van der Waals surface area contributed by atoms with Gasteiger partial charge in [-0.1, -0.05) is 41.9 Å². The first kappa shape index (κ1) is 16.5. The van der Waals surface area contributed by atoms with Gasteiger partial charge >= 0.3 is 0 Å². The van der Waals surface area contributed by atoms with E-state index in [0.717, 1.165) is 5.56 Å². The quantitative estimate of drug-likeness (QED) is 0.921. The molecule has 122 valence electrons. The molecule has 1 aliphatic rings. The van der Waals surface area contributed by atoms with Gasteiger partial charge in [0.25, 0.3) is 0 Å². The Balaban J connectivity index is 1.70. The van der Waals surface area contributed by atoms with E-state index in [2.05, 4.69) is 10.8 Å². The van der Waals surface area contributed by atoms with E-state index >= 15 is 0 Å². The Kier molecular flexibility index (Phi) is 4.73. The molecule has 1 unspecified atom stereocenters. The van der Waals surface area contributed by atoms with Crippen molar-refractivity contribution in [3.8, 4) is 0 Å². The van der Waals surface area contributed by atoms with Crippen molar-refractivity contribution in [2.24, 2.45) is 0 Å². The summed E-state index contributed by atoms with van der Waals surface area (Å²) in [6.07, 6.45) is 0.534. The summed E-state index contributed by atoms with van der Waals surface area (Å²) in [6, 6.07) is 12.9. The molecule has 0 spiro atoms. The van der Waals surface area contributed by atoms with Crippen LogP contribution in [0.5, 0.6) is 0 Å². The number of halogens is 1. The number of hydrogen-bond donors (Lipinski definition) is 1. The molecule has 3 rings (SSSR count). The maximum atomic E-state index is 12.5. The highest BCUT2D eigenvalue weighted by molar-refractivity contribution is 7.89. The molecule has 1 aliphatic heterocycles. The van der Waals surface area contributed by atoms with Crippen molar-refractivity contribution in [1.82, 2.24) is 4.72 Å². The minimum atomic E-state index is -3.60. The minimum Gasteiger partial charge on any atom is -0.372 e. The fourth-order valence-corrected chi connectivity index (χ4v) is 4.26. The predicted molar refractivity (Wildman–Crippen MR) is 90.1 cm³/mol. The molecule has 1 N–H and O–H groups in total. The lowest BCUT2D eigenvalue weighted by Crippen LogP contribution is -2.37. The van der Waals surface area contributed by atoms with Crippen molar-refractivity contribution in [1.29, 1.82) is 0 Å². The number of ether oxygens (including phenoxy) is 1. The summed E-state index contributed by atoms with van der Waals surface area (Å²) in [5, 5.41) is 0.440. The third kappa shape index (κ3) is 3.58. The van der Waals surface area contributed by atoms with Gasteiger partial charge in [0.2, 0.25) is 10.0 Å². The third-order valence-corrected chi connectivity index (χ3v) is 6.03. The Labute approximate surface area is 141 Å². The van der Waals surface area contributed by atoms with Crippen LogP contribution in [-0.2, 0) is 27.8 Å². The molecule has 0 radical (unpaired) electrons. The van der Waals surface area contributed by atoms with Crippen molar-refractivity contribution in [3.05, 3.63) is 64.2 Å². The molecule has 2 aromatic rings. The first-order valence-electron chi connectivity index (χ1n) is 7.40. The Bertz CT molecular complexity index is 820. The molecule has 4 nitrogen and oxygen atoms in total. The summed E-state index contributed by atoms with van der Waals surface area (Å²) in [6.45, 7) is 2.45. The second-order valence-electron chi connectivity index (χ2n) is 5.62. The molecule has 0 saturated carbocycles. The first-order chi connectivity index (χ1) is 11.0. The van der Waals surface area contributed by atoms with E-state index in [9.17, 15) is 8.42 Å². The van der Waals surface area contributed by atoms with Crippen LogP contribution in [0.4, 0.5) is 0 Å². The molecule has 2 aromatic carbocycles. The molecule has 0 bridgehead atoms. The smallest absolute Gasteiger partial charge is 0.240 e. The SMILES string of the molecule is Cc1c(Cl)cccc1S(=O)(=O)NCC1Cc2ccccc2CO1. The Morgan fingerprint density at radius 1 is 1.17 bits per heavy atom. The summed E-state index contributed by atoms with van der Waals surface area (Å²) in [5.41, 5.74) is 2.93. The predicted octanol–water partition coefficient (Wildman–Crippen LogP) is 3.07. The fourth-order valence-electron chi connectivity index (χ4n) is 2.70. The zero-order chi connectivity index (χ0) is 16.4. The van der Waals surface area contributed by atoms with Gasteiger partial charge < -0.3 is 4.74 Å². The zero-order valence-electron chi connectivity index (χ0n) is 12.8. The molecular formula is C17H18ClNO3S. The number of fused-ring (bicyclic) bond motifs is 1. The second-order valence-corrected chi connectivity index (χ2v) is 7.76. The molecule has 0 saturated heterocycles. The van der Waals surface area contributed by atoms with E-state index in [1.165, 1.54) is 5.56 Å². The van der Waals surface area contributed by atoms with Gasteiger partial charge in [-0.2, -0.15) is 0 Å². The average Bonchev–Trinajstić information content (AvgIpc) is 2.55. The highest BCUT2D eigenvalue weighted by Gasteiger charge is 2.23. The van der Waals surface area contributed by atoms with Crippen LogP contribution in [0.1, 0.15) is 16.7 Å². The van der Waals surface area contributed by atoms with Crippen molar-refractivity contribution in [3.63, 3.8) is 0 Å². The summed E-state index contributed by atoms with van der Waals surface area (Å²) in [5.74, 6) is 0. The van der Waals surface area contributed by atoms with Crippen molar-refractivity contribution in [2.45, 2.75) is 31.0 Å². The van der Waals surface area contributed by atoms with Gasteiger partial charge in [0.05, 0.1) is 17.6 Å². The van der Waals surface area contributed by atoms with Gasteiger partial charge in [-0.15, -0.1) is 0 Å². The molecule has 1 heterocycles. The van der Waals surface area contributed by atoms with E-state index in [1.807, 2.05) is 18.2 Å².